The summed E-state index contributed by atoms with van der Waals surface area (Å²) in [6.45, 7) is 1.69. The van der Waals surface area contributed by atoms with E-state index in [1.807, 2.05) is 0 Å². The molecule has 9 heteroatoms. The van der Waals surface area contributed by atoms with Gasteiger partial charge in [-0.1, -0.05) is 58.7 Å². The van der Waals surface area contributed by atoms with E-state index in [1.165, 1.54) is 12.3 Å². The standard InChI is InChI=1S/C18H13Cl2N3O4/c1-10-7-14(23-27-10)22-17(24)15(11-5-3-2-4-6-11)26-18(25)12-8-13(19)16(20)21-9-12/h2-9,15H,1H3,(H,22,23,24). The van der Waals surface area contributed by atoms with Gasteiger partial charge in [-0.05, 0) is 13.0 Å². The molecular formula is C18H13Cl2N3O4. The average Bonchev–Trinajstić information content (AvgIpc) is 3.07. The molecule has 0 fully saturated rings. The number of nitrogens with zero attached hydrogens (tertiary/aromatic N) is 2. The summed E-state index contributed by atoms with van der Waals surface area (Å²) < 4.78 is 10.3. The van der Waals surface area contributed by atoms with Crippen LogP contribution in [-0.2, 0) is 9.53 Å². The topological polar surface area (TPSA) is 94.3 Å². The summed E-state index contributed by atoms with van der Waals surface area (Å²) in [5, 5.41) is 6.42. The smallest absolute Gasteiger partial charge is 0.340 e. The second-order valence-electron chi connectivity index (χ2n) is 5.50. The van der Waals surface area contributed by atoms with Crippen LogP contribution in [0.2, 0.25) is 10.2 Å². The van der Waals surface area contributed by atoms with Gasteiger partial charge in [0.05, 0.1) is 10.6 Å². The highest BCUT2D eigenvalue weighted by atomic mass is 35.5. The first kappa shape index (κ1) is 18.9. The third-order valence-electron chi connectivity index (χ3n) is 3.48. The van der Waals surface area contributed by atoms with E-state index < -0.39 is 18.0 Å². The molecule has 3 rings (SSSR count). The zero-order valence-electron chi connectivity index (χ0n) is 14.0. The molecule has 1 amide bonds. The van der Waals surface area contributed by atoms with Crippen LogP contribution in [0.15, 0.2) is 53.2 Å². The number of pyridine rings is 1. The van der Waals surface area contributed by atoms with Gasteiger partial charge in [0.15, 0.2) is 5.82 Å². The summed E-state index contributed by atoms with van der Waals surface area (Å²) in [7, 11) is 0. The number of anilines is 1. The molecule has 7 nitrogen and oxygen atoms in total. The highest BCUT2D eigenvalue weighted by molar-refractivity contribution is 6.41. The van der Waals surface area contributed by atoms with Crippen molar-refractivity contribution in [3.8, 4) is 0 Å². The maximum atomic E-state index is 12.7. The van der Waals surface area contributed by atoms with Crippen molar-refractivity contribution >= 4 is 40.9 Å². The zero-order valence-corrected chi connectivity index (χ0v) is 15.5. The van der Waals surface area contributed by atoms with Gasteiger partial charge < -0.3 is 14.6 Å². The Morgan fingerprint density at radius 1 is 1.19 bits per heavy atom. The summed E-state index contributed by atoms with van der Waals surface area (Å²) >= 11 is 11.6. The van der Waals surface area contributed by atoms with Gasteiger partial charge in [0, 0.05) is 17.8 Å². The van der Waals surface area contributed by atoms with Crippen LogP contribution < -0.4 is 5.32 Å². The minimum Gasteiger partial charge on any atom is -0.444 e. The molecule has 3 aromatic rings. The van der Waals surface area contributed by atoms with Gasteiger partial charge >= 0.3 is 5.97 Å². The molecule has 0 aliphatic heterocycles. The number of esters is 1. The Morgan fingerprint density at radius 3 is 2.56 bits per heavy atom. The van der Waals surface area contributed by atoms with E-state index in [-0.39, 0.29) is 21.6 Å². The SMILES string of the molecule is Cc1cc(NC(=O)C(OC(=O)c2cnc(Cl)c(Cl)c2)c2ccccc2)no1. The Morgan fingerprint density at radius 2 is 1.93 bits per heavy atom. The highest BCUT2D eigenvalue weighted by Crippen LogP contribution is 2.24. The van der Waals surface area contributed by atoms with Crippen LogP contribution in [0.5, 0.6) is 0 Å². The molecule has 0 spiro atoms. The fraction of sp³-hybridized carbons (Fsp3) is 0.111. The van der Waals surface area contributed by atoms with Gasteiger partial charge in [0.2, 0.25) is 6.10 Å². The predicted molar refractivity (Wildman–Crippen MR) is 98.7 cm³/mol. The molecule has 2 heterocycles. The number of aryl methyl sites for hydroxylation is 1. The Balaban J connectivity index is 1.84. The normalized spacial score (nSPS) is 11.7. The number of amides is 1. The number of hydrogen-bond donors (Lipinski definition) is 1. The number of carbonyl (C=O) groups excluding carboxylic acids is 2. The number of hydrogen-bond acceptors (Lipinski definition) is 6. The molecule has 1 atom stereocenters. The Bertz CT molecular complexity index is 976. The molecule has 1 aromatic carbocycles. The molecule has 0 aliphatic rings. The van der Waals surface area contributed by atoms with Gasteiger partial charge in [-0.15, -0.1) is 0 Å². The van der Waals surface area contributed by atoms with Crippen LogP contribution in [0.25, 0.3) is 0 Å². The molecule has 1 unspecified atom stereocenters. The maximum absolute atomic E-state index is 12.7. The number of nitrogens with one attached hydrogen (secondary N) is 1. The van der Waals surface area contributed by atoms with Crippen molar-refractivity contribution in [3.05, 3.63) is 75.7 Å². The van der Waals surface area contributed by atoms with Gasteiger partial charge in [-0.2, -0.15) is 0 Å². The minimum atomic E-state index is -1.22. The van der Waals surface area contributed by atoms with Gasteiger partial charge in [0.25, 0.3) is 5.91 Å². The number of halogens is 2. The monoisotopic (exact) mass is 405 g/mol. The lowest BCUT2D eigenvalue weighted by Gasteiger charge is -2.17. The third kappa shape index (κ3) is 4.64. The molecule has 0 aliphatic carbocycles. The molecule has 27 heavy (non-hydrogen) atoms. The zero-order chi connectivity index (χ0) is 19.4. The molecule has 0 radical (unpaired) electrons. The molecule has 2 aromatic heterocycles. The molecule has 0 bridgehead atoms. The van der Waals surface area contributed by atoms with Crippen molar-refractivity contribution in [3.63, 3.8) is 0 Å². The number of ether oxygens (including phenoxy) is 1. The van der Waals surface area contributed by atoms with E-state index in [4.69, 9.17) is 32.5 Å². The highest BCUT2D eigenvalue weighted by Gasteiger charge is 2.27. The summed E-state index contributed by atoms with van der Waals surface area (Å²) in [5.74, 6) is -0.622. The van der Waals surface area contributed by atoms with E-state index in [9.17, 15) is 9.59 Å². The van der Waals surface area contributed by atoms with E-state index >= 15 is 0 Å². The lowest BCUT2D eigenvalue weighted by Crippen LogP contribution is -2.26. The van der Waals surface area contributed by atoms with E-state index in [1.54, 1.807) is 43.3 Å². The Kier molecular flexibility index (Phi) is 5.73. The van der Waals surface area contributed by atoms with Gasteiger partial charge in [-0.3, -0.25) is 4.79 Å². The number of carbonyl (C=O) groups is 2. The van der Waals surface area contributed by atoms with Crippen LogP contribution in [0, 0.1) is 6.92 Å². The van der Waals surface area contributed by atoms with Crippen LogP contribution >= 0.6 is 23.2 Å². The number of aromatic nitrogens is 2. The minimum absolute atomic E-state index is 0.0620. The van der Waals surface area contributed by atoms with Crippen molar-refractivity contribution in [2.24, 2.45) is 0 Å². The lowest BCUT2D eigenvalue weighted by atomic mass is 10.1. The molecule has 0 saturated carbocycles. The predicted octanol–water partition coefficient (Wildman–Crippen LogP) is 4.22. The fourth-order valence-corrected chi connectivity index (χ4v) is 2.50. The van der Waals surface area contributed by atoms with Gasteiger partial charge in [0.1, 0.15) is 10.9 Å². The molecule has 0 saturated heterocycles. The maximum Gasteiger partial charge on any atom is 0.340 e. The summed E-state index contributed by atoms with van der Waals surface area (Å²) in [4.78, 5) is 29.0. The Hall–Kier alpha value is -2.90. The first-order chi connectivity index (χ1) is 12.9. The first-order valence-electron chi connectivity index (χ1n) is 7.75. The third-order valence-corrected chi connectivity index (χ3v) is 4.16. The van der Waals surface area contributed by atoms with Crippen molar-refractivity contribution in [2.45, 2.75) is 13.0 Å². The summed E-state index contributed by atoms with van der Waals surface area (Å²) in [5.41, 5.74) is 0.548. The molecular weight excluding hydrogens is 393 g/mol. The Labute approximate surface area is 164 Å². The second kappa shape index (κ2) is 8.20. The van der Waals surface area contributed by atoms with Crippen molar-refractivity contribution in [2.75, 3.05) is 5.32 Å². The van der Waals surface area contributed by atoms with Crippen LogP contribution in [-0.4, -0.2) is 22.0 Å². The van der Waals surface area contributed by atoms with Gasteiger partial charge in [-0.25, -0.2) is 9.78 Å². The largest absolute Gasteiger partial charge is 0.444 e. The fourth-order valence-electron chi connectivity index (χ4n) is 2.23. The quantitative estimate of drug-likeness (QED) is 0.504. The summed E-state index contributed by atoms with van der Waals surface area (Å²) in [6, 6.07) is 11.4. The molecule has 138 valence electrons. The number of benzene rings is 1. The van der Waals surface area contributed by atoms with Crippen LogP contribution in [0.3, 0.4) is 0 Å². The van der Waals surface area contributed by atoms with Crippen LogP contribution in [0.4, 0.5) is 5.82 Å². The second-order valence-corrected chi connectivity index (χ2v) is 6.27. The van der Waals surface area contributed by atoms with E-state index in [0.717, 1.165) is 0 Å². The van der Waals surface area contributed by atoms with Crippen molar-refractivity contribution < 1.29 is 18.8 Å². The van der Waals surface area contributed by atoms with Crippen molar-refractivity contribution in [1.82, 2.24) is 10.1 Å². The number of rotatable bonds is 5. The van der Waals surface area contributed by atoms with E-state index in [2.05, 4.69) is 15.5 Å². The first-order valence-corrected chi connectivity index (χ1v) is 8.51. The lowest BCUT2D eigenvalue weighted by molar-refractivity contribution is -0.125. The average molecular weight is 406 g/mol. The van der Waals surface area contributed by atoms with E-state index in [0.29, 0.717) is 11.3 Å². The summed E-state index contributed by atoms with van der Waals surface area (Å²) in [6.07, 6.45) is 0.00229. The van der Waals surface area contributed by atoms with Crippen LogP contribution in [0.1, 0.15) is 27.8 Å². The van der Waals surface area contributed by atoms with Crippen molar-refractivity contribution in [1.29, 1.82) is 0 Å². The molecule has 1 N–H and O–H groups in total.